The van der Waals surface area contributed by atoms with Crippen LogP contribution in [0.1, 0.15) is 0 Å². The Morgan fingerprint density at radius 2 is 2.19 bits per heavy atom. The van der Waals surface area contributed by atoms with Gasteiger partial charge in [-0.05, 0) is 12.1 Å². The minimum atomic E-state index is -2.42. The van der Waals surface area contributed by atoms with Crippen LogP contribution in [0.15, 0.2) is 34.2 Å². The summed E-state index contributed by atoms with van der Waals surface area (Å²) in [6.07, 6.45) is 0. The number of rotatable bonds is 3. The molecule has 6 heteroatoms. The molecule has 1 aromatic carbocycles. The monoisotopic (exact) mass is 243 g/mol. The molecule has 0 amide bonds. The maximum Gasteiger partial charge on any atom is 0.288 e. The van der Waals surface area contributed by atoms with Crippen molar-refractivity contribution in [1.29, 1.82) is 0 Å². The Labute approximate surface area is 96.3 Å². The predicted octanol–water partition coefficient (Wildman–Crippen LogP) is 2.37. The Kier molecular flexibility index (Phi) is 3.61. The summed E-state index contributed by atoms with van der Waals surface area (Å²) in [5, 5.41) is 6.03. The number of hydrogen-bond donors (Lipinski definition) is 2. The zero-order valence-corrected chi connectivity index (χ0v) is 9.23. The molecule has 1 aromatic rings. The van der Waals surface area contributed by atoms with Gasteiger partial charge in [-0.15, -0.1) is 0 Å². The Hall–Kier alpha value is -1.30. The Morgan fingerprint density at radius 1 is 1.38 bits per heavy atom. The number of guanidine groups is 1. The first-order valence-electron chi connectivity index (χ1n) is 4.85. The second-order valence-corrected chi connectivity index (χ2v) is 4.19. The quantitative estimate of drug-likeness (QED) is 0.800. The van der Waals surface area contributed by atoms with Crippen LogP contribution >= 0.6 is 11.8 Å². The average molecular weight is 243 g/mol. The molecule has 0 saturated heterocycles. The molecule has 0 spiro atoms. The van der Waals surface area contributed by atoms with Gasteiger partial charge in [-0.1, -0.05) is 23.9 Å². The molecule has 0 atom stereocenters. The van der Waals surface area contributed by atoms with Gasteiger partial charge in [0.2, 0.25) is 0 Å². The van der Waals surface area contributed by atoms with E-state index in [1.807, 2.05) is 0 Å². The number of benzene rings is 1. The van der Waals surface area contributed by atoms with Crippen molar-refractivity contribution in [2.45, 2.75) is 10.7 Å². The molecule has 1 heterocycles. The topological polar surface area (TPSA) is 36.4 Å². The molecule has 3 nitrogen and oxygen atoms in total. The number of alkyl halides is 2. The van der Waals surface area contributed by atoms with E-state index in [1.54, 1.807) is 24.3 Å². The van der Waals surface area contributed by atoms with Gasteiger partial charge >= 0.3 is 0 Å². The molecule has 0 saturated carbocycles. The maximum absolute atomic E-state index is 12.3. The van der Waals surface area contributed by atoms with Crippen LogP contribution in [-0.4, -0.2) is 24.8 Å². The first kappa shape index (κ1) is 11.2. The van der Waals surface area contributed by atoms with Gasteiger partial charge in [0, 0.05) is 11.4 Å². The molecule has 1 aliphatic heterocycles. The second-order valence-electron chi connectivity index (χ2n) is 3.16. The molecule has 86 valence electrons. The number of halogens is 2. The third-order valence-corrected chi connectivity index (χ3v) is 2.82. The minimum Gasteiger partial charge on any atom is -0.354 e. The van der Waals surface area contributed by atoms with Crippen molar-refractivity contribution in [2.75, 3.05) is 18.4 Å². The van der Waals surface area contributed by atoms with Crippen LogP contribution in [0.4, 0.5) is 14.5 Å². The van der Waals surface area contributed by atoms with Gasteiger partial charge in [-0.3, -0.25) is 4.99 Å². The molecule has 0 unspecified atom stereocenters. The van der Waals surface area contributed by atoms with E-state index in [2.05, 4.69) is 15.6 Å². The number of aliphatic imine (C=N–C) groups is 1. The van der Waals surface area contributed by atoms with E-state index >= 15 is 0 Å². The zero-order chi connectivity index (χ0) is 11.4. The lowest BCUT2D eigenvalue weighted by atomic mass is 10.3. The third kappa shape index (κ3) is 2.85. The molecule has 0 fully saturated rings. The number of thioether (sulfide) groups is 1. The van der Waals surface area contributed by atoms with Gasteiger partial charge in [0.15, 0.2) is 5.96 Å². The van der Waals surface area contributed by atoms with Crippen LogP contribution < -0.4 is 10.6 Å². The van der Waals surface area contributed by atoms with Gasteiger partial charge in [-0.2, -0.15) is 8.78 Å². The van der Waals surface area contributed by atoms with Crippen LogP contribution in [0, 0.1) is 0 Å². The highest BCUT2D eigenvalue weighted by atomic mass is 32.2. The molecule has 0 radical (unpaired) electrons. The lowest BCUT2D eigenvalue weighted by molar-refractivity contribution is 0.252. The van der Waals surface area contributed by atoms with E-state index in [0.717, 1.165) is 6.54 Å². The Bertz CT molecular complexity index is 395. The van der Waals surface area contributed by atoms with Gasteiger partial charge in [0.05, 0.1) is 12.2 Å². The van der Waals surface area contributed by atoms with E-state index in [-0.39, 0.29) is 0 Å². The predicted molar refractivity (Wildman–Crippen MR) is 62.2 cm³/mol. The summed E-state index contributed by atoms with van der Waals surface area (Å²) < 4.78 is 24.6. The summed E-state index contributed by atoms with van der Waals surface area (Å²) in [5.74, 6) is -1.77. The maximum atomic E-state index is 12.3. The smallest absolute Gasteiger partial charge is 0.288 e. The molecule has 1 aliphatic rings. The van der Waals surface area contributed by atoms with E-state index in [4.69, 9.17) is 0 Å². The highest BCUT2D eigenvalue weighted by Gasteiger charge is 2.11. The first-order chi connectivity index (χ1) is 7.75. The first-order valence-corrected chi connectivity index (χ1v) is 5.73. The molecule has 2 rings (SSSR count). The number of para-hydroxylation sites is 1. The van der Waals surface area contributed by atoms with E-state index in [1.165, 1.54) is 0 Å². The number of hydrogen-bond acceptors (Lipinski definition) is 4. The zero-order valence-electron chi connectivity index (χ0n) is 8.41. The van der Waals surface area contributed by atoms with Crippen molar-refractivity contribution in [2.24, 2.45) is 4.99 Å². The second kappa shape index (κ2) is 5.16. The lowest BCUT2D eigenvalue weighted by Gasteiger charge is -2.11. The van der Waals surface area contributed by atoms with E-state index in [9.17, 15) is 8.78 Å². The molecular formula is C10H11F2N3S. The van der Waals surface area contributed by atoms with E-state index < -0.39 is 5.76 Å². The fraction of sp³-hybridized carbons (Fsp3) is 0.300. The van der Waals surface area contributed by atoms with Crippen molar-refractivity contribution in [1.82, 2.24) is 5.32 Å². The lowest BCUT2D eigenvalue weighted by Crippen LogP contribution is -2.26. The van der Waals surface area contributed by atoms with Gasteiger partial charge < -0.3 is 10.6 Å². The molecule has 0 aromatic heterocycles. The highest BCUT2D eigenvalue weighted by Crippen LogP contribution is 2.31. The standard InChI is InChI=1S/C10H11F2N3S/c11-9(12)16-8-4-2-1-3-7(8)15-10-13-5-6-14-10/h1-4,9H,5-6H2,(H2,13,14,15). The number of nitrogens with one attached hydrogen (secondary N) is 2. The molecule has 0 aliphatic carbocycles. The van der Waals surface area contributed by atoms with Crippen LogP contribution in [0.3, 0.4) is 0 Å². The van der Waals surface area contributed by atoms with E-state index in [0.29, 0.717) is 34.8 Å². The summed E-state index contributed by atoms with van der Waals surface area (Å²) in [7, 11) is 0. The summed E-state index contributed by atoms with van der Waals surface area (Å²) in [4.78, 5) is 4.67. The van der Waals surface area contributed by atoms with Crippen molar-refractivity contribution in [3.8, 4) is 0 Å². The largest absolute Gasteiger partial charge is 0.354 e. The van der Waals surface area contributed by atoms with Crippen LogP contribution in [0.2, 0.25) is 0 Å². The number of anilines is 1. The van der Waals surface area contributed by atoms with Gasteiger partial charge in [-0.25, -0.2) is 0 Å². The highest BCUT2D eigenvalue weighted by molar-refractivity contribution is 7.99. The SMILES string of the molecule is FC(F)Sc1ccccc1NC1=NCCN1. The van der Waals surface area contributed by atoms with Crippen molar-refractivity contribution in [3.63, 3.8) is 0 Å². The van der Waals surface area contributed by atoms with Crippen molar-refractivity contribution in [3.05, 3.63) is 24.3 Å². The minimum absolute atomic E-state index is 0.522. The Morgan fingerprint density at radius 3 is 2.88 bits per heavy atom. The summed E-state index contributed by atoms with van der Waals surface area (Å²) in [6.45, 7) is 1.50. The summed E-state index contributed by atoms with van der Waals surface area (Å²) >= 11 is 0.530. The fourth-order valence-electron chi connectivity index (χ4n) is 1.38. The normalized spacial score (nSPS) is 14.8. The Balaban J connectivity index is 2.12. The molecule has 0 bridgehead atoms. The van der Waals surface area contributed by atoms with Crippen molar-refractivity contribution >= 4 is 23.4 Å². The van der Waals surface area contributed by atoms with Crippen LogP contribution in [0.25, 0.3) is 0 Å². The molecule has 16 heavy (non-hydrogen) atoms. The van der Waals surface area contributed by atoms with Gasteiger partial charge in [0.25, 0.3) is 5.76 Å². The van der Waals surface area contributed by atoms with Crippen LogP contribution in [0.5, 0.6) is 0 Å². The van der Waals surface area contributed by atoms with Crippen molar-refractivity contribution < 1.29 is 8.78 Å². The number of nitrogens with zero attached hydrogens (tertiary/aromatic N) is 1. The van der Waals surface area contributed by atoms with Gasteiger partial charge in [0.1, 0.15) is 0 Å². The molecule has 2 N–H and O–H groups in total. The summed E-state index contributed by atoms with van der Waals surface area (Å²) in [5.41, 5.74) is 0.654. The average Bonchev–Trinajstić information content (AvgIpc) is 2.73. The summed E-state index contributed by atoms with van der Waals surface area (Å²) in [6, 6.07) is 6.95. The third-order valence-electron chi connectivity index (χ3n) is 2.03. The molecular weight excluding hydrogens is 232 g/mol. The van der Waals surface area contributed by atoms with Crippen LogP contribution in [-0.2, 0) is 0 Å². The fourth-order valence-corrected chi connectivity index (χ4v) is 1.97.